The molecule has 1 heterocycles. The van der Waals surface area contributed by atoms with Gasteiger partial charge in [0.1, 0.15) is 5.75 Å². The predicted molar refractivity (Wildman–Crippen MR) is 95.3 cm³/mol. The number of anilines is 1. The van der Waals surface area contributed by atoms with E-state index in [4.69, 9.17) is 9.47 Å². The second-order valence-corrected chi connectivity index (χ2v) is 5.41. The third-order valence-corrected chi connectivity index (χ3v) is 3.61. The number of nitrogens with zero attached hydrogens (tertiary/aromatic N) is 2. The molecule has 0 aliphatic carbocycles. The third kappa shape index (κ3) is 4.17. The smallest absolute Gasteiger partial charge is 0.265 e. The van der Waals surface area contributed by atoms with E-state index in [-0.39, 0.29) is 5.91 Å². The van der Waals surface area contributed by atoms with E-state index in [1.807, 2.05) is 30.3 Å². The average molecular weight is 337 g/mol. The van der Waals surface area contributed by atoms with Gasteiger partial charge in [0.25, 0.3) is 5.91 Å². The van der Waals surface area contributed by atoms with Crippen molar-refractivity contribution >= 4 is 11.6 Å². The van der Waals surface area contributed by atoms with Gasteiger partial charge in [-0.2, -0.15) is 0 Å². The lowest BCUT2D eigenvalue weighted by molar-refractivity contribution is -0.122. The van der Waals surface area contributed by atoms with Crippen LogP contribution in [0.2, 0.25) is 0 Å². The molecule has 0 aliphatic rings. The Kier molecular flexibility index (Phi) is 4.99. The molecule has 0 spiro atoms. The zero-order valence-electron chi connectivity index (χ0n) is 14.0. The van der Waals surface area contributed by atoms with Crippen molar-refractivity contribution in [1.29, 1.82) is 0 Å². The van der Waals surface area contributed by atoms with Crippen molar-refractivity contribution in [3.63, 3.8) is 0 Å². The first-order valence-corrected chi connectivity index (χ1v) is 7.88. The number of carbonyl (C=O) groups is 1. The number of methoxy groups -OCH3 is 1. The zero-order chi connectivity index (χ0) is 17.6. The Labute approximate surface area is 146 Å². The number of nitrogens with one attached hydrogen (secondary N) is 1. The maximum atomic E-state index is 12.2. The van der Waals surface area contributed by atoms with Gasteiger partial charge in [0.15, 0.2) is 6.10 Å². The van der Waals surface area contributed by atoms with Gasteiger partial charge in [0, 0.05) is 18.0 Å². The van der Waals surface area contributed by atoms with Crippen molar-refractivity contribution in [2.24, 2.45) is 0 Å². The Balaban J connectivity index is 1.60. The molecule has 1 amide bonds. The van der Waals surface area contributed by atoms with Gasteiger partial charge >= 0.3 is 0 Å². The molecule has 1 unspecified atom stereocenters. The summed E-state index contributed by atoms with van der Waals surface area (Å²) in [7, 11) is 1.60. The summed E-state index contributed by atoms with van der Waals surface area (Å²) in [5, 5.41) is 7.13. The van der Waals surface area contributed by atoms with Gasteiger partial charge in [-0.05, 0) is 43.3 Å². The van der Waals surface area contributed by atoms with Gasteiger partial charge in [-0.1, -0.05) is 18.2 Å². The number of benzene rings is 2. The van der Waals surface area contributed by atoms with E-state index < -0.39 is 6.10 Å². The van der Waals surface area contributed by atoms with E-state index >= 15 is 0 Å². The van der Waals surface area contributed by atoms with Crippen molar-refractivity contribution in [1.82, 2.24) is 9.78 Å². The summed E-state index contributed by atoms with van der Waals surface area (Å²) in [6.07, 6.45) is 1.11. The van der Waals surface area contributed by atoms with Gasteiger partial charge in [-0.25, -0.2) is 4.68 Å². The molecular weight excluding hydrogens is 318 g/mol. The normalized spacial score (nSPS) is 11.6. The van der Waals surface area contributed by atoms with Crippen LogP contribution in [-0.4, -0.2) is 28.9 Å². The topological polar surface area (TPSA) is 65.4 Å². The molecule has 0 saturated carbocycles. The summed E-state index contributed by atoms with van der Waals surface area (Å²) >= 11 is 0. The molecule has 128 valence electrons. The maximum Gasteiger partial charge on any atom is 0.265 e. The molecule has 2 aromatic carbocycles. The Morgan fingerprint density at radius 3 is 2.48 bits per heavy atom. The minimum absolute atomic E-state index is 0.251. The van der Waals surface area contributed by atoms with Crippen molar-refractivity contribution in [2.75, 3.05) is 12.4 Å². The molecule has 1 aromatic heterocycles. The van der Waals surface area contributed by atoms with Crippen LogP contribution in [0.5, 0.6) is 11.6 Å². The molecule has 0 radical (unpaired) electrons. The minimum atomic E-state index is -0.679. The fourth-order valence-corrected chi connectivity index (χ4v) is 2.25. The monoisotopic (exact) mass is 337 g/mol. The van der Waals surface area contributed by atoms with Crippen LogP contribution in [-0.2, 0) is 4.79 Å². The summed E-state index contributed by atoms with van der Waals surface area (Å²) in [4.78, 5) is 12.2. The highest BCUT2D eigenvalue weighted by atomic mass is 16.5. The first-order valence-electron chi connectivity index (χ1n) is 7.88. The second-order valence-electron chi connectivity index (χ2n) is 5.41. The molecule has 3 aromatic rings. The highest BCUT2D eigenvalue weighted by Gasteiger charge is 2.16. The van der Waals surface area contributed by atoms with Crippen LogP contribution in [0.3, 0.4) is 0 Å². The maximum absolute atomic E-state index is 12.2. The van der Waals surface area contributed by atoms with Crippen LogP contribution >= 0.6 is 0 Å². The molecule has 6 nitrogen and oxygen atoms in total. The van der Waals surface area contributed by atoms with Crippen LogP contribution in [0.25, 0.3) is 5.69 Å². The second kappa shape index (κ2) is 7.53. The first kappa shape index (κ1) is 16.6. The van der Waals surface area contributed by atoms with Crippen molar-refractivity contribution in [2.45, 2.75) is 13.0 Å². The van der Waals surface area contributed by atoms with E-state index in [9.17, 15) is 4.79 Å². The van der Waals surface area contributed by atoms with Gasteiger partial charge in [-0.15, -0.1) is 5.10 Å². The van der Waals surface area contributed by atoms with Crippen LogP contribution in [0.15, 0.2) is 66.9 Å². The minimum Gasteiger partial charge on any atom is -0.497 e. The molecule has 3 rings (SSSR count). The lowest BCUT2D eigenvalue weighted by atomic mass is 10.3. The number of ether oxygens (including phenoxy) is 2. The van der Waals surface area contributed by atoms with Crippen LogP contribution in [0, 0.1) is 0 Å². The number of amides is 1. The molecule has 0 aliphatic heterocycles. The van der Waals surface area contributed by atoms with E-state index in [1.165, 1.54) is 0 Å². The third-order valence-electron chi connectivity index (χ3n) is 3.61. The number of hydrogen-bond donors (Lipinski definition) is 1. The molecule has 0 saturated heterocycles. The lowest BCUT2D eigenvalue weighted by Gasteiger charge is -2.13. The zero-order valence-corrected chi connectivity index (χ0v) is 14.0. The number of carbonyl (C=O) groups excluding carboxylic acids is 1. The van der Waals surface area contributed by atoms with E-state index in [0.717, 1.165) is 11.4 Å². The van der Waals surface area contributed by atoms with Gasteiger partial charge in [-0.3, -0.25) is 4.79 Å². The van der Waals surface area contributed by atoms with Gasteiger partial charge in [0.2, 0.25) is 5.88 Å². The standard InChI is InChI=1S/C19H19N3O3/c1-14(19(23)20-15-8-10-17(24-2)11-9-15)25-18-12-13-22(21-18)16-6-4-3-5-7-16/h3-14H,1-2H3,(H,20,23). The quantitative estimate of drug-likeness (QED) is 0.750. The van der Waals surface area contributed by atoms with Gasteiger partial charge < -0.3 is 14.8 Å². The number of rotatable bonds is 6. The van der Waals surface area contributed by atoms with Crippen molar-refractivity contribution < 1.29 is 14.3 Å². The molecule has 1 N–H and O–H groups in total. The number of aromatic nitrogens is 2. The Bertz CT molecular complexity index is 829. The number of para-hydroxylation sites is 1. The molecule has 6 heteroatoms. The highest BCUT2D eigenvalue weighted by Crippen LogP contribution is 2.16. The Morgan fingerprint density at radius 2 is 1.80 bits per heavy atom. The fourth-order valence-electron chi connectivity index (χ4n) is 2.25. The largest absolute Gasteiger partial charge is 0.497 e. The highest BCUT2D eigenvalue weighted by molar-refractivity contribution is 5.94. The average Bonchev–Trinajstić information content (AvgIpc) is 3.11. The molecule has 0 bridgehead atoms. The summed E-state index contributed by atoms with van der Waals surface area (Å²) in [5.41, 5.74) is 1.60. The van der Waals surface area contributed by atoms with Crippen molar-refractivity contribution in [3.8, 4) is 17.3 Å². The van der Waals surface area contributed by atoms with Crippen molar-refractivity contribution in [3.05, 3.63) is 66.9 Å². The number of hydrogen-bond acceptors (Lipinski definition) is 4. The van der Waals surface area contributed by atoms with Crippen LogP contribution in [0.1, 0.15) is 6.92 Å². The van der Waals surface area contributed by atoms with E-state index in [0.29, 0.717) is 11.6 Å². The lowest BCUT2D eigenvalue weighted by Crippen LogP contribution is -2.30. The molecule has 25 heavy (non-hydrogen) atoms. The van der Waals surface area contributed by atoms with E-state index in [2.05, 4.69) is 10.4 Å². The summed E-state index contributed by atoms with van der Waals surface area (Å²) in [5.74, 6) is 0.870. The molecule has 0 fully saturated rings. The molecular formula is C19H19N3O3. The molecule has 1 atom stereocenters. The SMILES string of the molecule is COc1ccc(NC(=O)C(C)Oc2ccn(-c3ccccc3)n2)cc1. The van der Waals surface area contributed by atoms with Crippen LogP contribution < -0.4 is 14.8 Å². The summed E-state index contributed by atoms with van der Waals surface area (Å²) < 4.78 is 12.4. The first-order chi connectivity index (χ1) is 12.2. The summed E-state index contributed by atoms with van der Waals surface area (Å²) in [6, 6.07) is 18.5. The van der Waals surface area contributed by atoms with Gasteiger partial charge in [0.05, 0.1) is 12.8 Å². The summed E-state index contributed by atoms with van der Waals surface area (Å²) in [6.45, 7) is 1.68. The predicted octanol–water partition coefficient (Wildman–Crippen LogP) is 3.29. The van der Waals surface area contributed by atoms with Crippen LogP contribution in [0.4, 0.5) is 5.69 Å². The van der Waals surface area contributed by atoms with E-state index in [1.54, 1.807) is 55.2 Å². The Hall–Kier alpha value is -3.28. The fraction of sp³-hybridized carbons (Fsp3) is 0.158. The Morgan fingerprint density at radius 1 is 1.08 bits per heavy atom.